The maximum Gasteiger partial charge on any atom is 0.315 e. The fourth-order valence-corrected chi connectivity index (χ4v) is 3.06. The van der Waals surface area contributed by atoms with Crippen LogP contribution in [0, 0.1) is 5.82 Å². The summed E-state index contributed by atoms with van der Waals surface area (Å²) < 4.78 is 19.0. The van der Waals surface area contributed by atoms with Gasteiger partial charge in [0.25, 0.3) is 0 Å². The van der Waals surface area contributed by atoms with Gasteiger partial charge in [-0.25, -0.2) is 9.18 Å². The van der Waals surface area contributed by atoms with E-state index in [9.17, 15) is 9.18 Å². The minimum Gasteiger partial charge on any atom is -0.489 e. The van der Waals surface area contributed by atoms with Gasteiger partial charge in [0.1, 0.15) is 18.2 Å². The van der Waals surface area contributed by atoms with Crippen molar-refractivity contribution in [3.63, 3.8) is 0 Å². The SMILES string of the molecule is C=CCOc1ccccc1CNC(=O)NCCSCc1ccccc1F. The number of hydrogen-bond acceptors (Lipinski definition) is 3. The molecule has 0 saturated heterocycles. The van der Waals surface area contributed by atoms with Crippen molar-refractivity contribution in [3.05, 3.63) is 78.1 Å². The first-order valence-corrected chi connectivity index (χ1v) is 9.50. The molecule has 138 valence electrons. The number of para-hydroxylation sites is 1. The number of benzene rings is 2. The Hall–Kier alpha value is -2.47. The Bertz CT molecular complexity index is 724. The molecule has 0 aliphatic carbocycles. The summed E-state index contributed by atoms with van der Waals surface area (Å²) in [7, 11) is 0. The molecule has 2 aromatic rings. The van der Waals surface area contributed by atoms with Crippen molar-refractivity contribution in [2.45, 2.75) is 12.3 Å². The summed E-state index contributed by atoms with van der Waals surface area (Å²) in [5.74, 6) is 1.83. The van der Waals surface area contributed by atoms with Gasteiger partial charge in [-0.1, -0.05) is 49.1 Å². The van der Waals surface area contributed by atoms with Crippen molar-refractivity contribution in [2.24, 2.45) is 0 Å². The minimum atomic E-state index is -0.241. The van der Waals surface area contributed by atoms with Crippen LogP contribution in [-0.4, -0.2) is 24.9 Å². The smallest absolute Gasteiger partial charge is 0.315 e. The van der Waals surface area contributed by atoms with Crippen LogP contribution in [0.5, 0.6) is 5.75 Å². The Morgan fingerprint density at radius 1 is 1.12 bits per heavy atom. The maximum absolute atomic E-state index is 13.5. The number of thioether (sulfide) groups is 1. The van der Waals surface area contributed by atoms with E-state index in [1.54, 1.807) is 30.0 Å². The van der Waals surface area contributed by atoms with E-state index < -0.39 is 0 Å². The number of hydrogen-bond donors (Lipinski definition) is 2. The molecule has 0 aliphatic heterocycles. The third-order valence-corrected chi connectivity index (χ3v) is 4.52. The lowest BCUT2D eigenvalue weighted by Crippen LogP contribution is -2.36. The highest BCUT2D eigenvalue weighted by Gasteiger charge is 2.05. The minimum absolute atomic E-state index is 0.192. The highest BCUT2D eigenvalue weighted by molar-refractivity contribution is 7.98. The van der Waals surface area contributed by atoms with Crippen LogP contribution in [0.2, 0.25) is 0 Å². The van der Waals surface area contributed by atoms with Crippen molar-refractivity contribution in [1.82, 2.24) is 10.6 Å². The molecule has 6 heteroatoms. The lowest BCUT2D eigenvalue weighted by Gasteiger charge is -2.11. The number of halogens is 1. The van der Waals surface area contributed by atoms with Gasteiger partial charge in [0.15, 0.2) is 0 Å². The molecule has 0 aliphatic rings. The van der Waals surface area contributed by atoms with E-state index in [-0.39, 0.29) is 11.8 Å². The van der Waals surface area contributed by atoms with Gasteiger partial charge >= 0.3 is 6.03 Å². The standard InChI is InChI=1S/C20H23FN2O2S/c1-2-12-25-19-10-6-4-7-16(19)14-23-20(24)22-11-13-26-15-17-8-3-5-9-18(17)21/h2-10H,1,11-15H2,(H2,22,23,24). The molecule has 0 spiro atoms. The van der Waals surface area contributed by atoms with E-state index in [1.165, 1.54) is 6.07 Å². The van der Waals surface area contributed by atoms with Crippen molar-refractivity contribution in [3.8, 4) is 5.75 Å². The van der Waals surface area contributed by atoms with Crippen molar-refractivity contribution in [2.75, 3.05) is 18.9 Å². The predicted octanol–water partition coefficient (Wildman–Crippen LogP) is 4.12. The Labute approximate surface area is 157 Å². The van der Waals surface area contributed by atoms with Gasteiger partial charge in [0.2, 0.25) is 0 Å². The first-order valence-electron chi connectivity index (χ1n) is 8.35. The van der Waals surface area contributed by atoms with E-state index in [0.29, 0.717) is 36.8 Å². The molecule has 0 fully saturated rings. The van der Waals surface area contributed by atoms with Crippen LogP contribution in [0.25, 0.3) is 0 Å². The number of nitrogens with one attached hydrogen (secondary N) is 2. The van der Waals surface area contributed by atoms with E-state index in [2.05, 4.69) is 17.2 Å². The normalized spacial score (nSPS) is 10.2. The van der Waals surface area contributed by atoms with Crippen molar-refractivity contribution in [1.29, 1.82) is 0 Å². The summed E-state index contributed by atoms with van der Waals surface area (Å²) in [6.45, 7) is 4.93. The molecule has 0 saturated carbocycles. The highest BCUT2D eigenvalue weighted by Crippen LogP contribution is 2.17. The maximum atomic E-state index is 13.5. The summed E-state index contributed by atoms with van der Waals surface area (Å²) in [6.07, 6.45) is 1.68. The van der Waals surface area contributed by atoms with Crippen LogP contribution in [0.1, 0.15) is 11.1 Å². The Kier molecular flexibility index (Phi) is 8.55. The summed E-state index contributed by atoms with van der Waals surface area (Å²) >= 11 is 1.58. The quantitative estimate of drug-likeness (QED) is 0.486. The first kappa shape index (κ1) is 19.8. The predicted molar refractivity (Wildman–Crippen MR) is 105 cm³/mol. The van der Waals surface area contributed by atoms with E-state index in [1.807, 2.05) is 30.3 Å². The molecular formula is C20H23FN2O2S. The Balaban J connectivity index is 1.65. The number of ether oxygens (including phenoxy) is 1. The second-order valence-corrected chi connectivity index (χ2v) is 6.57. The number of rotatable bonds is 10. The fraction of sp³-hybridized carbons (Fsp3) is 0.250. The summed E-state index contributed by atoms with van der Waals surface area (Å²) in [4.78, 5) is 11.9. The second kappa shape index (κ2) is 11.2. The van der Waals surface area contributed by atoms with Gasteiger partial charge in [0.05, 0.1) is 0 Å². The van der Waals surface area contributed by atoms with Gasteiger partial charge in [0, 0.05) is 30.2 Å². The van der Waals surface area contributed by atoms with Crippen molar-refractivity contribution >= 4 is 17.8 Å². The van der Waals surface area contributed by atoms with E-state index in [4.69, 9.17) is 4.74 Å². The number of amides is 2. The van der Waals surface area contributed by atoms with Gasteiger partial charge in [-0.15, -0.1) is 0 Å². The lowest BCUT2D eigenvalue weighted by atomic mass is 10.2. The zero-order valence-corrected chi connectivity index (χ0v) is 15.4. The third-order valence-electron chi connectivity index (χ3n) is 3.52. The molecular weight excluding hydrogens is 351 g/mol. The molecule has 2 rings (SSSR count). The topological polar surface area (TPSA) is 50.4 Å². The summed E-state index contributed by atoms with van der Waals surface area (Å²) in [5, 5.41) is 5.60. The molecule has 2 amide bonds. The molecule has 2 aromatic carbocycles. The molecule has 0 bridgehead atoms. The Morgan fingerprint density at radius 2 is 1.85 bits per heavy atom. The lowest BCUT2D eigenvalue weighted by molar-refractivity contribution is 0.241. The van der Waals surface area contributed by atoms with E-state index in [0.717, 1.165) is 11.3 Å². The van der Waals surface area contributed by atoms with Gasteiger partial charge < -0.3 is 15.4 Å². The average Bonchev–Trinajstić information content (AvgIpc) is 2.66. The molecule has 0 aromatic heterocycles. The molecule has 4 nitrogen and oxygen atoms in total. The number of carbonyl (C=O) groups excluding carboxylic acids is 1. The summed E-state index contributed by atoms with van der Waals surface area (Å²) in [6, 6.07) is 14.0. The van der Waals surface area contributed by atoms with Crippen molar-refractivity contribution < 1.29 is 13.9 Å². The van der Waals surface area contributed by atoms with Gasteiger partial charge in [-0.05, 0) is 17.7 Å². The molecule has 26 heavy (non-hydrogen) atoms. The summed E-state index contributed by atoms with van der Waals surface area (Å²) in [5.41, 5.74) is 1.58. The van der Waals surface area contributed by atoms with Crippen LogP contribution < -0.4 is 15.4 Å². The average molecular weight is 374 g/mol. The van der Waals surface area contributed by atoms with Gasteiger partial charge in [-0.3, -0.25) is 0 Å². The van der Waals surface area contributed by atoms with Crippen LogP contribution in [0.3, 0.4) is 0 Å². The largest absolute Gasteiger partial charge is 0.489 e. The molecule has 0 atom stereocenters. The molecule has 0 unspecified atom stereocenters. The third kappa shape index (κ3) is 6.80. The van der Waals surface area contributed by atoms with Crippen LogP contribution in [0.15, 0.2) is 61.2 Å². The zero-order chi connectivity index (χ0) is 18.6. The monoisotopic (exact) mass is 374 g/mol. The number of urea groups is 1. The van der Waals surface area contributed by atoms with Crippen LogP contribution in [-0.2, 0) is 12.3 Å². The number of carbonyl (C=O) groups is 1. The molecule has 0 heterocycles. The van der Waals surface area contributed by atoms with Crippen LogP contribution >= 0.6 is 11.8 Å². The zero-order valence-electron chi connectivity index (χ0n) is 14.5. The Morgan fingerprint density at radius 3 is 2.62 bits per heavy atom. The fourth-order valence-electron chi connectivity index (χ4n) is 2.21. The highest BCUT2D eigenvalue weighted by atomic mass is 32.2. The van der Waals surface area contributed by atoms with Gasteiger partial charge in [-0.2, -0.15) is 11.8 Å². The molecule has 2 N–H and O–H groups in total. The van der Waals surface area contributed by atoms with Crippen LogP contribution in [0.4, 0.5) is 9.18 Å². The van der Waals surface area contributed by atoms with E-state index >= 15 is 0 Å². The molecule has 0 radical (unpaired) electrons. The first-order chi connectivity index (χ1) is 12.7. The second-order valence-electron chi connectivity index (χ2n) is 5.46.